The topological polar surface area (TPSA) is 58.9 Å². The Hall–Kier alpha value is -0.880. The van der Waals surface area contributed by atoms with E-state index in [0.717, 1.165) is 4.47 Å². The van der Waals surface area contributed by atoms with Crippen molar-refractivity contribution in [3.8, 4) is 5.75 Å². The summed E-state index contributed by atoms with van der Waals surface area (Å²) in [5, 5.41) is 18.3. The fourth-order valence-corrected chi connectivity index (χ4v) is 1.42. The zero-order valence-electron chi connectivity index (χ0n) is 10.0. The second kappa shape index (κ2) is 8.26. The molecule has 0 aliphatic heterocycles. The first-order valence-electron chi connectivity index (χ1n) is 5.53. The van der Waals surface area contributed by atoms with Crippen LogP contribution in [0.25, 0.3) is 0 Å². The molecule has 0 saturated carbocycles. The molecule has 0 fully saturated rings. The Morgan fingerprint density at radius 2 is 1.94 bits per heavy atom. The van der Waals surface area contributed by atoms with E-state index in [1.54, 1.807) is 0 Å². The molecule has 1 atom stereocenters. The zero-order chi connectivity index (χ0) is 13.4. The maximum atomic E-state index is 9.60. The Morgan fingerprint density at radius 1 is 1.28 bits per heavy atom. The third-order valence-electron chi connectivity index (χ3n) is 2.10. The Labute approximate surface area is 115 Å². The standard InChI is InChI=1S/C13H17BrO4/c1-10(6-15)7-17-8-12(16)9-18-13-4-2-11(14)3-5-13/h2-5,12,15-16H,1,6-9H2/t12-/m0/s1. The van der Waals surface area contributed by atoms with Crippen molar-refractivity contribution < 1.29 is 19.7 Å². The molecule has 4 nitrogen and oxygen atoms in total. The minimum Gasteiger partial charge on any atom is -0.491 e. The quantitative estimate of drug-likeness (QED) is 0.717. The predicted molar refractivity (Wildman–Crippen MR) is 72.7 cm³/mol. The molecular weight excluding hydrogens is 300 g/mol. The van der Waals surface area contributed by atoms with Crippen molar-refractivity contribution in [2.24, 2.45) is 0 Å². The molecule has 0 bridgehead atoms. The monoisotopic (exact) mass is 316 g/mol. The molecule has 1 rings (SSSR count). The van der Waals surface area contributed by atoms with Crippen LogP contribution in [-0.4, -0.2) is 42.7 Å². The molecule has 18 heavy (non-hydrogen) atoms. The first-order valence-corrected chi connectivity index (χ1v) is 6.33. The second-order valence-electron chi connectivity index (χ2n) is 3.84. The lowest BCUT2D eigenvalue weighted by atomic mass is 10.3. The van der Waals surface area contributed by atoms with Crippen molar-refractivity contribution in [1.29, 1.82) is 0 Å². The lowest BCUT2D eigenvalue weighted by Gasteiger charge is -2.13. The first-order chi connectivity index (χ1) is 8.61. The van der Waals surface area contributed by atoms with Gasteiger partial charge in [-0.1, -0.05) is 22.5 Å². The largest absolute Gasteiger partial charge is 0.491 e. The average Bonchev–Trinajstić information content (AvgIpc) is 2.38. The summed E-state index contributed by atoms with van der Waals surface area (Å²) in [4.78, 5) is 0. The molecule has 0 aliphatic rings. The van der Waals surface area contributed by atoms with E-state index in [2.05, 4.69) is 22.5 Å². The highest BCUT2D eigenvalue weighted by Gasteiger charge is 2.06. The third-order valence-corrected chi connectivity index (χ3v) is 2.62. The van der Waals surface area contributed by atoms with Gasteiger partial charge in [0.1, 0.15) is 18.5 Å². The smallest absolute Gasteiger partial charge is 0.119 e. The molecular formula is C13H17BrO4. The summed E-state index contributed by atoms with van der Waals surface area (Å²) in [5.41, 5.74) is 0.580. The average molecular weight is 317 g/mol. The van der Waals surface area contributed by atoms with Crippen molar-refractivity contribution in [3.63, 3.8) is 0 Å². The molecule has 0 aromatic heterocycles. The SMILES string of the molecule is C=C(CO)COC[C@H](O)COc1ccc(Br)cc1. The van der Waals surface area contributed by atoms with Crippen LogP contribution in [0.3, 0.4) is 0 Å². The third kappa shape index (κ3) is 6.16. The van der Waals surface area contributed by atoms with Gasteiger partial charge in [-0.15, -0.1) is 0 Å². The van der Waals surface area contributed by atoms with E-state index in [1.807, 2.05) is 24.3 Å². The normalized spacial score (nSPS) is 12.2. The summed E-state index contributed by atoms with van der Waals surface area (Å²) in [7, 11) is 0. The molecule has 100 valence electrons. The van der Waals surface area contributed by atoms with E-state index in [0.29, 0.717) is 11.3 Å². The Morgan fingerprint density at radius 3 is 2.56 bits per heavy atom. The van der Waals surface area contributed by atoms with Crippen molar-refractivity contribution in [1.82, 2.24) is 0 Å². The van der Waals surface area contributed by atoms with Gasteiger partial charge in [-0.3, -0.25) is 0 Å². The van der Waals surface area contributed by atoms with Crippen LogP contribution in [0.2, 0.25) is 0 Å². The van der Waals surface area contributed by atoms with E-state index in [1.165, 1.54) is 0 Å². The van der Waals surface area contributed by atoms with E-state index >= 15 is 0 Å². The van der Waals surface area contributed by atoms with Crippen LogP contribution in [0.5, 0.6) is 5.75 Å². The Bertz CT molecular complexity index is 364. The lowest BCUT2D eigenvalue weighted by Crippen LogP contribution is -2.24. The van der Waals surface area contributed by atoms with E-state index in [4.69, 9.17) is 14.6 Å². The molecule has 0 radical (unpaired) electrons. The highest BCUT2D eigenvalue weighted by Crippen LogP contribution is 2.16. The number of hydrogen-bond donors (Lipinski definition) is 2. The van der Waals surface area contributed by atoms with Crippen molar-refractivity contribution in [3.05, 3.63) is 40.9 Å². The maximum absolute atomic E-state index is 9.60. The lowest BCUT2D eigenvalue weighted by molar-refractivity contribution is 0.0179. The van der Waals surface area contributed by atoms with Crippen LogP contribution in [0, 0.1) is 0 Å². The molecule has 0 aliphatic carbocycles. The summed E-state index contributed by atoms with van der Waals surface area (Å²) >= 11 is 3.33. The number of aliphatic hydroxyl groups is 2. The minimum absolute atomic E-state index is 0.106. The van der Waals surface area contributed by atoms with Gasteiger partial charge in [0.25, 0.3) is 0 Å². The van der Waals surface area contributed by atoms with Gasteiger partial charge >= 0.3 is 0 Å². The Kier molecular flexibility index (Phi) is 6.97. The van der Waals surface area contributed by atoms with E-state index < -0.39 is 6.10 Å². The molecule has 5 heteroatoms. The number of ether oxygens (including phenoxy) is 2. The van der Waals surface area contributed by atoms with Gasteiger partial charge in [0.15, 0.2) is 0 Å². The van der Waals surface area contributed by atoms with Gasteiger partial charge in [-0.05, 0) is 29.8 Å². The van der Waals surface area contributed by atoms with Gasteiger partial charge < -0.3 is 19.7 Å². The number of rotatable bonds is 8. The first kappa shape index (κ1) is 15.2. The van der Waals surface area contributed by atoms with Crippen LogP contribution < -0.4 is 4.74 Å². The van der Waals surface area contributed by atoms with Crippen molar-refractivity contribution >= 4 is 15.9 Å². The van der Waals surface area contributed by atoms with Crippen LogP contribution in [0.15, 0.2) is 40.9 Å². The second-order valence-corrected chi connectivity index (χ2v) is 4.76. The van der Waals surface area contributed by atoms with Crippen molar-refractivity contribution in [2.45, 2.75) is 6.10 Å². The fourth-order valence-electron chi connectivity index (χ4n) is 1.16. The number of halogens is 1. The molecule has 0 spiro atoms. The molecule has 1 aromatic carbocycles. The zero-order valence-corrected chi connectivity index (χ0v) is 11.6. The summed E-state index contributed by atoms with van der Waals surface area (Å²) in [5.74, 6) is 0.692. The van der Waals surface area contributed by atoms with Crippen LogP contribution in [-0.2, 0) is 4.74 Å². The summed E-state index contributed by atoms with van der Waals surface area (Å²) < 4.78 is 11.5. The summed E-state index contributed by atoms with van der Waals surface area (Å²) in [6.45, 7) is 4.02. The van der Waals surface area contributed by atoms with Gasteiger partial charge in [0, 0.05) is 4.47 Å². The summed E-state index contributed by atoms with van der Waals surface area (Å²) in [6, 6.07) is 7.35. The molecule has 0 saturated heterocycles. The van der Waals surface area contributed by atoms with Gasteiger partial charge in [-0.25, -0.2) is 0 Å². The Balaban J connectivity index is 2.18. The predicted octanol–water partition coefficient (Wildman–Crippen LogP) is 1.75. The highest BCUT2D eigenvalue weighted by molar-refractivity contribution is 9.10. The number of benzene rings is 1. The molecule has 1 aromatic rings. The van der Waals surface area contributed by atoms with Gasteiger partial charge in [0.2, 0.25) is 0 Å². The fraction of sp³-hybridized carbons (Fsp3) is 0.385. The molecule has 0 heterocycles. The van der Waals surface area contributed by atoms with Crippen LogP contribution >= 0.6 is 15.9 Å². The van der Waals surface area contributed by atoms with Gasteiger partial charge in [0.05, 0.1) is 19.8 Å². The molecule has 0 amide bonds. The minimum atomic E-state index is -0.708. The van der Waals surface area contributed by atoms with E-state index in [9.17, 15) is 5.11 Å². The number of aliphatic hydroxyl groups excluding tert-OH is 2. The van der Waals surface area contributed by atoms with Crippen molar-refractivity contribution in [2.75, 3.05) is 26.4 Å². The summed E-state index contributed by atoms with van der Waals surface area (Å²) in [6.07, 6.45) is -0.708. The van der Waals surface area contributed by atoms with E-state index in [-0.39, 0.29) is 26.4 Å². The number of hydrogen-bond acceptors (Lipinski definition) is 4. The molecule has 0 unspecified atom stereocenters. The molecule has 2 N–H and O–H groups in total. The van der Waals surface area contributed by atoms with Gasteiger partial charge in [-0.2, -0.15) is 0 Å². The highest BCUT2D eigenvalue weighted by atomic mass is 79.9. The van der Waals surface area contributed by atoms with Crippen LogP contribution in [0.1, 0.15) is 0 Å². The van der Waals surface area contributed by atoms with Crippen LogP contribution in [0.4, 0.5) is 0 Å². The maximum Gasteiger partial charge on any atom is 0.119 e.